The van der Waals surface area contributed by atoms with Crippen LogP contribution in [0.2, 0.25) is 0 Å². The van der Waals surface area contributed by atoms with Gasteiger partial charge in [0.1, 0.15) is 5.75 Å². The number of hydrogen-bond acceptors (Lipinski definition) is 6. The van der Waals surface area contributed by atoms with Gasteiger partial charge >= 0.3 is 6.16 Å². The number of ether oxygens (including phenoxy) is 4. The van der Waals surface area contributed by atoms with Crippen LogP contribution in [-0.2, 0) is 4.74 Å². The van der Waals surface area contributed by atoms with E-state index in [-0.39, 0.29) is 12.7 Å². The molecule has 1 atom stereocenters. The molecule has 0 aromatic heterocycles. The maximum Gasteiger partial charge on any atom is 0.513 e. The molecular formula is C26H31NO5. The molecular weight excluding hydrogens is 406 g/mol. The molecule has 0 spiro atoms. The van der Waals surface area contributed by atoms with Crippen molar-refractivity contribution in [3.63, 3.8) is 0 Å². The molecule has 2 aliphatic rings. The van der Waals surface area contributed by atoms with Crippen LogP contribution in [-0.4, -0.2) is 32.5 Å². The van der Waals surface area contributed by atoms with Crippen LogP contribution in [0.5, 0.6) is 17.2 Å². The predicted molar refractivity (Wildman–Crippen MR) is 124 cm³/mol. The van der Waals surface area contributed by atoms with Gasteiger partial charge in [-0.3, -0.25) is 0 Å². The van der Waals surface area contributed by atoms with Gasteiger partial charge in [-0.25, -0.2) is 4.79 Å². The Morgan fingerprint density at radius 3 is 2.53 bits per heavy atom. The zero-order valence-electron chi connectivity index (χ0n) is 18.8. The number of anilines is 1. The zero-order chi connectivity index (χ0) is 22.5. The van der Waals surface area contributed by atoms with Crippen molar-refractivity contribution in [2.75, 3.05) is 25.2 Å². The van der Waals surface area contributed by atoms with E-state index in [0.29, 0.717) is 11.7 Å². The molecule has 32 heavy (non-hydrogen) atoms. The molecule has 2 aromatic carbocycles. The van der Waals surface area contributed by atoms with Gasteiger partial charge < -0.3 is 23.8 Å². The second kappa shape index (κ2) is 9.98. The first kappa shape index (κ1) is 22.1. The van der Waals surface area contributed by atoms with Gasteiger partial charge in [-0.2, -0.15) is 0 Å². The molecule has 1 saturated heterocycles. The van der Waals surface area contributed by atoms with E-state index in [1.807, 2.05) is 18.2 Å². The van der Waals surface area contributed by atoms with Gasteiger partial charge in [0.05, 0.1) is 19.8 Å². The molecule has 1 aliphatic carbocycles. The summed E-state index contributed by atoms with van der Waals surface area (Å²) < 4.78 is 21.8. The van der Waals surface area contributed by atoms with Crippen molar-refractivity contribution in [3.8, 4) is 17.2 Å². The summed E-state index contributed by atoms with van der Waals surface area (Å²) in [7, 11) is 1.69. The minimum Gasteiger partial charge on any atom is -0.493 e. The summed E-state index contributed by atoms with van der Waals surface area (Å²) in [4.78, 5) is 13.7. The molecule has 4 rings (SSSR count). The molecule has 2 aromatic rings. The van der Waals surface area contributed by atoms with E-state index in [4.69, 9.17) is 18.9 Å². The number of benzene rings is 2. The topological polar surface area (TPSA) is 57.2 Å². The van der Waals surface area contributed by atoms with Gasteiger partial charge in [0.15, 0.2) is 11.5 Å². The fourth-order valence-corrected chi connectivity index (χ4v) is 4.48. The van der Waals surface area contributed by atoms with Gasteiger partial charge in [0.2, 0.25) is 0 Å². The molecule has 0 radical (unpaired) electrons. The van der Waals surface area contributed by atoms with Crippen molar-refractivity contribution in [3.05, 3.63) is 60.3 Å². The largest absolute Gasteiger partial charge is 0.513 e. The van der Waals surface area contributed by atoms with E-state index >= 15 is 0 Å². The lowest BCUT2D eigenvalue weighted by molar-refractivity contribution is 0.104. The summed E-state index contributed by atoms with van der Waals surface area (Å²) in [6.45, 7) is 7.14. The number of rotatable bonds is 7. The summed E-state index contributed by atoms with van der Waals surface area (Å²) in [6.07, 6.45) is 5.14. The smallest absolute Gasteiger partial charge is 0.493 e. The number of nitrogens with zero attached hydrogens (tertiary/aromatic N) is 1. The molecule has 6 heteroatoms. The average molecular weight is 438 g/mol. The summed E-state index contributed by atoms with van der Waals surface area (Å²) in [6, 6.07) is 13.7. The molecule has 1 saturated carbocycles. The lowest BCUT2D eigenvalue weighted by Gasteiger charge is -2.21. The van der Waals surface area contributed by atoms with Crippen molar-refractivity contribution in [2.45, 2.75) is 51.0 Å². The number of hydrogen-bond donors (Lipinski definition) is 0. The number of methoxy groups -OCH3 is 1. The fourth-order valence-electron chi connectivity index (χ4n) is 4.48. The highest BCUT2D eigenvalue weighted by molar-refractivity contribution is 5.65. The first-order valence-corrected chi connectivity index (χ1v) is 11.3. The Kier molecular flexibility index (Phi) is 6.88. The Hall–Kier alpha value is -3.15. The van der Waals surface area contributed by atoms with Crippen molar-refractivity contribution in [2.24, 2.45) is 0 Å². The molecule has 2 fully saturated rings. The summed E-state index contributed by atoms with van der Waals surface area (Å²) >= 11 is 0. The summed E-state index contributed by atoms with van der Waals surface area (Å²) in [5, 5.41) is 0. The van der Waals surface area contributed by atoms with Crippen molar-refractivity contribution < 1.29 is 23.7 Å². The zero-order valence-corrected chi connectivity index (χ0v) is 18.8. The number of carbonyl (C=O) groups excluding carboxylic acids is 1. The van der Waals surface area contributed by atoms with Gasteiger partial charge in [0, 0.05) is 23.8 Å². The highest BCUT2D eigenvalue weighted by Gasteiger charge is 2.29. The minimum absolute atomic E-state index is 0.282. The highest BCUT2D eigenvalue weighted by Crippen LogP contribution is 2.40. The standard InChI is InChI=1S/C26H31NO5/c1-4-30-26(28)32-23-12-10-21(11-13-23)27-17-20(15-18(27)2)19-9-14-24(29-3)25(16-19)31-22-7-5-6-8-22/h9-14,16,20,22H,2,4-8,15,17H2,1,3H3/t20-/m0/s1. The van der Waals surface area contributed by atoms with Gasteiger partial charge in [-0.1, -0.05) is 12.6 Å². The van der Waals surface area contributed by atoms with Gasteiger partial charge in [-0.05, 0) is 81.0 Å². The third-order valence-corrected chi connectivity index (χ3v) is 6.13. The van der Waals surface area contributed by atoms with Crippen LogP contribution in [0.3, 0.4) is 0 Å². The third kappa shape index (κ3) is 5.01. The van der Waals surface area contributed by atoms with E-state index in [0.717, 1.165) is 48.7 Å². The second-order valence-electron chi connectivity index (χ2n) is 8.29. The number of carbonyl (C=O) groups is 1. The molecule has 1 aliphatic heterocycles. The highest BCUT2D eigenvalue weighted by atomic mass is 16.7. The SMILES string of the molecule is C=C1C[C@H](c2ccc(OC)c(OC3CCCC3)c2)CN1c1ccc(OC(=O)OCC)cc1. The first-order chi connectivity index (χ1) is 15.6. The van der Waals surface area contributed by atoms with E-state index in [9.17, 15) is 4.79 Å². The van der Waals surface area contributed by atoms with E-state index in [1.165, 1.54) is 18.4 Å². The molecule has 0 N–H and O–H groups in total. The Balaban J connectivity index is 1.45. The Morgan fingerprint density at radius 2 is 1.84 bits per heavy atom. The Bertz CT molecular complexity index is 949. The van der Waals surface area contributed by atoms with Crippen LogP contribution in [0.4, 0.5) is 10.5 Å². The predicted octanol–water partition coefficient (Wildman–Crippen LogP) is 6.06. The molecule has 0 amide bonds. The summed E-state index contributed by atoms with van der Waals surface area (Å²) in [5.74, 6) is 2.39. The lowest BCUT2D eigenvalue weighted by atomic mass is 9.97. The van der Waals surface area contributed by atoms with Crippen molar-refractivity contribution >= 4 is 11.8 Å². The van der Waals surface area contributed by atoms with Crippen molar-refractivity contribution in [1.82, 2.24) is 0 Å². The maximum atomic E-state index is 11.5. The maximum absolute atomic E-state index is 11.5. The molecule has 170 valence electrons. The first-order valence-electron chi connectivity index (χ1n) is 11.3. The van der Waals surface area contributed by atoms with Gasteiger partial charge in [-0.15, -0.1) is 0 Å². The van der Waals surface area contributed by atoms with Crippen LogP contribution < -0.4 is 19.1 Å². The van der Waals surface area contributed by atoms with Crippen LogP contribution in [0.1, 0.15) is 50.5 Å². The van der Waals surface area contributed by atoms with E-state index < -0.39 is 6.16 Å². The quantitative estimate of drug-likeness (QED) is 0.388. The third-order valence-electron chi connectivity index (χ3n) is 6.13. The molecule has 1 heterocycles. The van der Waals surface area contributed by atoms with Crippen LogP contribution in [0, 0.1) is 0 Å². The average Bonchev–Trinajstić information content (AvgIpc) is 3.44. The monoisotopic (exact) mass is 437 g/mol. The second-order valence-corrected chi connectivity index (χ2v) is 8.29. The fraction of sp³-hybridized carbons (Fsp3) is 0.423. The van der Waals surface area contributed by atoms with Crippen LogP contribution >= 0.6 is 0 Å². The van der Waals surface area contributed by atoms with E-state index in [1.54, 1.807) is 26.2 Å². The van der Waals surface area contributed by atoms with Gasteiger partial charge in [0.25, 0.3) is 0 Å². The molecule has 0 unspecified atom stereocenters. The van der Waals surface area contributed by atoms with Crippen molar-refractivity contribution in [1.29, 1.82) is 0 Å². The normalized spacial score (nSPS) is 18.6. The van der Waals surface area contributed by atoms with Crippen LogP contribution in [0.15, 0.2) is 54.7 Å². The number of allylic oxidation sites excluding steroid dienone is 1. The van der Waals surface area contributed by atoms with E-state index in [2.05, 4.69) is 23.6 Å². The lowest BCUT2D eigenvalue weighted by Crippen LogP contribution is -2.17. The summed E-state index contributed by atoms with van der Waals surface area (Å²) in [5.41, 5.74) is 3.30. The van der Waals surface area contributed by atoms with Crippen LogP contribution in [0.25, 0.3) is 0 Å². The molecule has 6 nitrogen and oxygen atoms in total. The molecule has 0 bridgehead atoms. The Labute approximate surface area is 189 Å². The Morgan fingerprint density at radius 1 is 1.09 bits per heavy atom. The minimum atomic E-state index is -0.693.